The number of hydrogen-bond acceptors (Lipinski definition) is 5. The molecular formula is C14H22N4O2S. The zero-order chi connectivity index (χ0) is 15.2. The average Bonchev–Trinajstić information content (AvgIpc) is 3.07. The summed E-state index contributed by atoms with van der Waals surface area (Å²) >= 11 is 1.41. The van der Waals surface area contributed by atoms with Gasteiger partial charge >= 0.3 is 0 Å². The second-order valence-electron chi connectivity index (χ2n) is 5.50. The molecule has 1 aromatic rings. The molecule has 0 radical (unpaired) electrons. The maximum atomic E-state index is 11.9. The van der Waals surface area contributed by atoms with E-state index in [0.717, 1.165) is 25.9 Å². The average molecular weight is 310 g/mol. The van der Waals surface area contributed by atoms with Gasteiger partial charge in [0, 0.05) is 37.5 Å². The summed E-state index contributed by atoms with van der Waals surface area (Å²) in [6.45, 7) is 2.21. The van der Waals surface area contributed by atoms with Crippen LogP contribution in [0.3, 0.4) is 0 Å². The third kappa shape index (κ3) is 4.50. The van der Waals surface area contributed by atoms with Gasteiger partial charge in [0.15, 0.2) is 0 Å². The van der Waals surface area contributed by atoms with E-state index in [0.29, 0.717) is 18.7 Å². The zero-order valence-electron chi connectivity index (χ0n) is 12.5. The highest BCUT2D eigenvalue weighted by Crippen LogP contribution is 2.20. The maximum Gasteiger partial charge on any atom is 0.270 e. The second kappa shape index (κ2) is 7.51. The molecule has 2 rings (SSSR count). The van der Waals surface area contributed by atoms with Crippen LogP contribution in [0.4, 0.5) is 0 Å². The van der Waals surface area contributed by atoms with E-state index in [2.05, 4.69) is 15.2 Å². The minimum Gasteiger partial charge on any atom is -0.351 e. The van der Waals surface area contributed by atoms with Gasteiger partial charge in [0.25, 0.3) is 5.91 Å². The molecule has 0 aliphatic carbocycles. The van der Waals surface area contributed by atoms with Crippen molar-refractivity contribution in [3.05, 3.63) is 16.6 Å². The van der Waals surface area contributed by atoms with E-state index in [-0.39, 0.29) is 17.9 Å². The molecule has 1 saturated heterocycles. The smallest absolute Gasteiger partial charge is 0.270 e. The third-order valence-electron chi connectivity index (χ3n) is 3.67. The van der Waals surface area contributed by atoms with Gasteiger partial charge < -0.3 is 15.1 Å². The Kier molecular flexibility index (Phi) is 5.69. The highest BCUT2D eigenvalue weighted by atomic mass is 32.1. The summed E-state index contributed by atoms with van der Waals surface area (Å²) in [7, 11) is 4.01. The first kappa shape index (κ1) is 15.9. The lowest BCUT2D eigenvalue weighted by Gasteiger charge is -2.26. The van der Waals surface area contributed by atoms with Crippen LogP contribution in [-0.2, 0) is 4.79 Å². The number of thiazole rings is 1. The number of nitrogens with one attached hydrogen (secondary N) is 1. The summed E-state index contributed by atoms with van der Waals surface area (Å²) in [5, 5.41) is 4.60. The summed E-state index contributed by atoms with van der Waals surface area (Å²) in [6, 6.07) is 0.244. The predicted molar refractivity (Wildman–Crippen MR) is 82.4 cm³/mol. The first-order valence-electron chi connectivity index (χ1n) is 7.18. The molecular weight excluding hydrogens is 288 g/mol. The number of amides is 2. The van der Waals surface area contributed by atoms with E-state index in [9.17, 15) is 9.59 Å². The molecule has 21 heavy (non-hydrogen) atoms. The molecule has 2 amide bonds. The summed E-state index contributed by atoms with van der Waals surface area (Å²) < 4.78 is 0. The van der Waals surface area contributed by atoms with Gasteiger partial charge in [-0.05, 0) is 26.9 Å². The molecule has 1 aliphatic rings. The van der Waals surface area contributed by atoms with Crippen molar-refractivity contribution in [1.29, 1.82) is 0 Å². The fourth-order valence-corrected chi connectivity index (χ4v) is 3.01. The molecule has 6 nitrogen and oxygen atoms in total. The van der Waals surface area contributed by atoms with Crippen LogP contribution in [0.15, 0.2) is 10.9 Å². The van der Waals surface area contributed by atoms with Crippen LogP contribution in [0.5, 0.6) is 0 Å². The number of aromatic nitrogens is 1. The number of likely N-dealkylation sites (N-methyl/N-ethyl adjacent to an activating group) is 1. The Bertz CT molecular complexity index is 475. The van der Waals surface area contributed by atoms with Crippen LogP contribution < -0.4 is 5.32 Å². The molecule has 0 saturated carbocycles. The Labute approximate surface area is 129 Å². The van der Waals surface area contributed by atoms with Gasteiger partial charge in [-0.2, -0.15) is 0 Å². The van der Waals surface area contributed by atoms with E-state index in [1.54, 1.807) is 10.9 Å². The van der Waals surface area contributed by atoms with Crippen LogP contribution in [0.1, 0.15) is 29.8 Å². The highest BCUT2D eigenvalue weighted by molar-refractivity contribution is 7.07. The van der Waals surface area contributed by atoms with Crippen molar-refractivity contribution in [2.75, 3.05) is 33.7 Å². The van der Waals surface area contributed by atoms with Gasteiger partial charge in [0.05, 0.1) is 5.51 Å². The van der Waals surface area contributed by atoms with Gasteiger partial charge in [-0.15, -0.1) is 11.3 Å². The molecule has 1 fully saturated rings. The Morgan fingerprint density at radius 1 is 1.57 bits per heavy atom. The first-order valence-corrected chi connectivity index (χ1v) is 8.13. The van der Waals surface area contributed by atoms with Crippen LogP contribution in [0.2, 0.25) is 0 Å². The van der Waals surface area contributed by atoms with Crippen molar-refractivity contribution in [3.8, 4) is 0 Å². The van der Waals surface area contributed by atoms with Crippen molar-refractivity contribution in [1.82, 2.24) is 20.1 Å². The molecule has 1 N–H and O–H groups in total. The zero-order valence-corrected chi connectivity index (χ0v) is 13.4. The van der Waals surface area contributed by atoms with E-state index < -0.39 is 0 Å². The maximum absolute atomic E-state index is 11.9. The lowest BCUT2D eigenvalue weighted by Crippen LogP contribution is -2.40. The van der Waals surface area contributed by atoms with Gasteiger partial charge in [0.2, 0.25) is 5.91 Å². The molecule has 1 atom stereocenters. The number of nitrogens with zero attached hydrogens (tertiary/aromatic N) is 3. The summed E-state index contributed by atoms with van der Waals surface area (Å²) in [5.41, 5.74) is 2.11. The Balaban J connectivity index is 1.76. The second-order valence-corrected chi connectivity index (χ2v) is 6.22. The van der Waals surface area contributed by atoms with Crippen molar-refractivity contribution in [2.24, 2.45) is 0 Å². The Morgan fingerprint density at radius 2 is 2.38 bits per heavy atom. The number of hydrogen-bond donors (Lipinski definition) is 1. The van der Waals surface area contributed by atoms with E-state index in [4.69, 9.17) is 0 Å². The van der Waals surface area contributed by atoms with E-state index in [1.807, 2.05) is 19.0 Å². The van der Waals surface area contributed by atoms with Gasteiger partial charge in [-0.25, -0.2) is 4.98 Å². The number of likely N-dealkylation sites (tertiary alicyclic amines) is 1. The van der Waals surface area contributed by atoms with Crippen LogP contribution in [0, 0.1) is 0 Å². The lowest BCUT2D eigenvalue weighted by atomic mass is 10.1. The fraction of sp³-hybridized carbons (Fsp3) is 0.643. The van der Waals surface area contributed by atoms with Gasteiger partial charge in [-0.3, -0.25) is 9.59 Å². The number of carbonyl (C=O) groups excluding carboxylic acids is 2. The van der Waals surface area contributed by atoms with Gasteiger partial charge in [-0.1, -0.05) is 0 Å². The largest absolute Gasteiger partial charge is 0.351 e. The number of carbonyl (C=O) groups is 2. The minimum absolute atomic E-state index is 0.139. The first-order chi connectivity index (χ1) is 10.1. The molecule has 2 heterocycles. The normalized spacial score (nSPS) is 18.5. The number of rotatable bonds is 7. The Morgan fingerprint density at radius 3 is 3.05 bits per heavy atom. The molecule has 0 aromatic carbocycles. The molecule has 116 valence electrons. The van der Waals surface area contributed by atoms with Crippen LogP contribution in [-0.4, -0.2) is 66.4 Å². The van der Waals surface area contributed by atoms with Crippen molar-refractivity contribution >= 4 is 23.2 Å². The lowest BCUT2D eigenvalue weighted by molar-refractivity contribution is -0.129. The van der Waals surface area contributed by atoms with Crippen molar-refractivity contribution in [2.45, 2.75) is 25.3 Å². The predicted octanol–water partition coefficient (Wildman–Crippen LogP) is 0.816. The quantitative estimate of drug-likeness (QED) is 0.809. The van der Waals surface area contributed by atoms with Crippen LogP contribution in [0.25, 0.3) is 0 Å². The topological polar surface area (TPSA) is 65.5 Å². The summed E-state index contributed by atoms with van der Waals surface area (Å²) in [6.07, 6.45) is 2.31. The van der Waals surface area contributed by atoms with Crippen molar-refractivity contribution < 1.29 is 9.59 Å². The SMILES string of the molecule is CN(C)CCN1C(=O)CCC1CCNC(=O)c1cscn1. The monoisotopic (exact) mass is 310 g/mol. The molecule has 7 heteroatoms. The fourth-order valence-electron chi connectivity index (χ4n) is 2.48. The molecule has 1 unspecified atom stereocenters. The van der Waals surface area contributed by atoms with Gasteiger partial charge in [0.1, 0.15) is 5.69 Å². The van der Waals surface area contributed by atoms with Crippen LogP contribution >= 0.6 is 11.3 Å². The minimum atomic E-state index is -0.139. The molecule has 1 aromatic heterocycles. The third-order valence-corrected chi connectivity index (χ3v) is 4.26. The summed E-state index contributed by atoms with van der Waals surface area (Å²) in [5.74, 6) is 0.0908. The summed E-state index contributed by atoms with van der Waals surface area (Å²) in [4.78, 5) is 31.7. The van der Waals surface area contributed by atoms with E-state index in [1.165, 1.54) is 11.3 Å². The molecule has 1 aliphatic heterocycles. The highest BCUT2D eigenvalue weighted by Gasteiger charge is 2.30. The standard InChI is InChI=1S/C14H22N4O2S/c1-17(2)7-8-18-11(3-4-13(18)19)5-6-15-14(20)12-9-21-10-16-12/h9-11H,3-8H2,1-2H3,(H,15,20). The van der Waals surface area contributed by atoms with Crippen molar-refractivity contribution in [3.63, 3.8) is 0 Å². The Hall–Kier alpha value is -1.47. The van der Waals surface area contributed by atoms with E-state index >= 15 is 0 Å². The molecule has 0 bridgehead atoms. The molecule has 0 spiro atoms.